The average molecular weight is 305 g/mol. The predicted octanol–water partition coefficient (Wildman–Crippen LogP) is 4.25. The van der Waals surface area contributed by atoms with Gasteiger partial charge in [0.05, 0.1) is 13.2 Å². The summed E-state index contributed by atoms with van der Waals surface area (Å²) in [5, 5.41) is 0.614. The molecule has 0 bridgehead atoms. The number of methoxy groups -OCH3 is 1. The minimum Gasteiger partial charge on any atom is -0.364 e. The second-order valence-electron chi connectivity index (χ2n) is 5.39. The standard InChI is InChI=1S/C13H18ClO4P/c1-13(2)8-17-19(15,18-9-13)12(16-3)10-4-6-11(14)7-5-10/h4-7,12H,8-9H2,1-3H3. The zero-order valence-corrected chi connectivity index (χ0v) is 12.9. The third-order valence-corrected chi connectivity index (χ3v) is 5.25. The summed E-state index contributed by atoms with van der Waals surface area (Å²) in [5.74, 6) is -0.721. The second-order valence-corrected chi connectivity index (χ2v) is 7.89. The minimum absolute atomic E-state index is 0.133. The molecule has 19 heavy (non-hydrogen) atoms. The molecule has 2 rings (SSSR count). The van der Waals surface area contributed by atoms with Crippen molar-refractivity contribution < 1.29 is 18.3 Å². The van der Waals surface area contributed by atoms with Crippen LogP contribution in [-0.2, 0) is 18.3 Å². The van der Waals surface area contributed by atoms with Crippen molar-refractivity contribution in [1.29, 1.82) is 0 Å². The number of benzene rings is 1. The van der Waals surface area contributed by atoms with Crippen molar-refractivity contribution in [2.75, 3.05) is 20.3 Å². The lowest BCUT2D eigenvalue weighted by molar-refractivity contribution is 0.0154. The molecule has 0 aromatic heterocycles. The van der Waals surface area contributed by atoms with Gasteiger partial charge in [0.2, 0.25) is 0 Å². The molecular formula is C13H18ClO4P. The number of halogens is 1. The summed E-state index contributed by atoms with van der Waals surface area (Å²) >= 11 is 5.85. The molecule has 1 aromatic carbocycles. The van der Waals surface area contributed by atoms with E-state index in [-0.39, 0.29) is 5.41 Å². The fourth-order valence-electron chi connectivity index (χ4n) is 1.82. The highest BCUT2D eigenvalue weighted by molar-refractivity contribution is 7.54. The Balaban J connectivity index is 2.22. The highest BCUT2D eigenvalue weighted by atomic mass is 35.5. The molecule has 4 nitrogen and oxygen atoms in total. The first-order chi connectivity index (χ1) is 8.86. The van der Waals surface area contributed by atoms with E-state index in [1.54, 1.807) is 24.3 Å². The summed E-state index contributed by atoms with van der Waals surface area (Å²) in [7, 11) is -1.81. The Bertz CT molecular complexity index is 472. The monoisotopic (exact) mass is 304 g/mol. The van der Waals surface area contributed by atoms with Crippen LogP contribution in [0.1, 0.15) is 25.3 Å². The molecule has 0 amide bonds. The summed E-state index contributed by atoms with van der Waals surface area (Å²) in [6.45, 7) is 4.77. The van der Waals surface area contributed by atoms with E-state index in [0.29, 0.717) is 18.2 Å². The molecule has 1 atom stereocenters. The summed E-state index contributed by atoms with van der Waals surface area (Å²) in [5.41, 5.74) is 0.599. The number of hydrogen-bond acceptors (Lipinski definition) is 4. The summed E-state index contributed by atoms with van der Waals surface area (Å²) in [4.78, 5) is 0. The van der Waals surface area contributed by atoms with Crippen LogP contribution in [0.4, 0.5) is 0 Å². The van der Waals surface area contributed by atoms with E-state index in [9.17, 15) is 4.57 Å². The van der Waals surface area contributed by atoms with Crippen molar-refractivity contribution in [2.24, 2.45) is 5.41 Å². The number of hydrogen-bond donors (Lipinski definition) is 0. The van der Waals surface area contributed by atoms with Gasteiger partial charge in [0.25, 0.3) is 0 Å². The molecule has 0 aliphatic carbocycles. The molecule has 1 aliphatic rings. The van der Waals surface area contributed by atoms with Crippen LogP contribution in [0.2, 0.25) is 5.02 Å². The first-order valence-electron chi connectivity index (χ1n) is 6.03. The van der Waals surface area contributed by atoms with Crippen molar-refractivity contribution >= 4 is 19.2 Å². The smallest absolute Gasteiger partial charge is 0.363 e. The van der Waals surface area contributed by atoms with Gasteiger partial charge in [0, 0.05) is 17.5 Å². The first kappa shape index (κ1) is 15.0. The SMILES string of the molecule is COC(c1ccc(Cl)cc1)P1(=O)OCC(C)(C)CO1. The molecule has 0 spiro atoms. The van der Waals surface area contributed by atoms with E-state index < -0.39 is 13.4 Å². The van der Waals surface area contributed by atoms with Crippen LogP contribution in [0.15, 0.2) is 24.3 Å². The lowest BCUT2D eigenvalue weighted by atomic mass is 9.97. The molecular weight excluding hydrogens is 287 g/mol. The van der Waals surface area contributed by atoms with E-state index >= 15 is 0 Å². The van der Waals surface area contributed by atoms with Gasteiger partial charge in [-0.25, -0.2) is 0 Å². The molecule has 0 N–H and O–H groups in total. The summed E-state index contributed by atoms with van der Waals surface area (Å²) in [6.07, 6.45) is 0. The molecule has 0 saturated carbocycles. The molecule has 1 aromatic rings. The Labute approximate surface area is 118 Å². The van der Waals surface area contributed by atoms with Crippen LogP contribution in [0.5, 0.6) is 0 Å². The molecule has 1 saturated heterocycles. The largest absolute Gasteiger partial charge is 0.364 e. The van der Waals surface area contributed by atoms with Crippen molar-refractivity contribution in [1.82, 2.24) is 0 Å². The number of ether oxygens (including phenoxy) is 1. The molecule has 106 valence electrons. The van der Waals surface area contributed by atoms with Crippen molar-refractivity contribution in [3.63, 3.8) is 0 Å². The Kier molecular flexibility index (Phi) is 4.38. The molecule has 6 heteroatoms. The van der Waals surface area contributed by atoms with Crippen molar-refractivity contribution in [3.05, 3.63) is 34.9 Å². The minimum atomic E-state index is -3.31. The summed E-state index contributed by atoms with van der Waals surface area (Å²) < 4.78 is 29.1. The van der Waals surface area contributed by atoms with Crippen molar-refractivity contribution in [3.8, 4) is 0 Å². The predicted molar refractivity (Wildman–Crippen MR) is 74.5 cm³/mol. The van der Waals surface area contributed by atoms with E-state index in [0.717, 1.165) is 5.56 Å². The third-order valence-electron chi connectivity index (χ3n) is 2.94. The van der Waals surface area contributed by atoms with Gasteiger partial charge in [0.15, 0.2) is 5.85 Å². The van der Waals surface area contributed by atoms with Crippen LogP contribution in [0.3, 0.4) is 0 Å². The highest BCUT2D eigenvalue weighted by Crippen LogP contribution is 2.64. The fraction of sp³-hybridized carbons (Fsp3) is 0.538. The second kappa shape index (κ2) is 5.55. The van der Waals surface area contributed by atoms with Gasteiger partial charge in [-0.05, 0) is 17.7 Å². The van der Waals surface area contributed by atoms with Crippen LogP contribution in [-0.4, -0.2) is 20.3 Å². The molecule has 1 unspecified atom stereocenters. The Morgan fingerprint density at radius 3 is 2.26 bits per heavy atom. The maximum absolute atomic E-state index is 12.7. The number of rotatable bonds is 3. The lowest BCUT2D eigenvalue weighted by Gasteiger charge is -2.36. The zero-order chi connectivity index (χ0) is 14.1. The lowest BCUT2D eigenvalue weighted by Crippen LogP contribution is -2.30. The fourth-order valence-corrected chi connectivity index (χ4v) is 4.14. The molecule has 1 fully saturated rings. The summed E-state index contributed by atoms with van der Waals surface area (Å²) in [6, 6.07) is 6.98. The molecule has 1 aliphatic heterocycles. The van der Waals surface area contributed by atoms with Gasteiger partial charge >= 0.3 is 7.60 Å². The first-order valence-corrected chi connectivity index (χ1v) is 8.02. The molecule has 0 radical (unpaired) electrons. The van der Waals surface area contributed by atoms with Crippen LogP contribution < -0.4 is 0 Å². The zero-order valence-electron chi connectivity index (χ0n) is 11.3. The van der Waals surface area contributed by atoms with E-state index in [4.69, 9.17) is 25.4 Å². The van der Waals surface area contributed by atoms with Gasteiger partial charge in [-0.2, -0.15) is 0 Å². The van der Waals surface area contributed by atoms with E-state index in [1.165, 1.54) is 7.11 Å². The normalized spacial score (nSPS) is 22.9. The van der Waals surface area contributed by atoms with Gasteiger partial charge < -0.3 is 13.8 Å². The van der Waals surface area contributed by atoms with Gasteiger partial charge in [-0.1, -0.05) is 37.6 Å². The average Bonchev–Trinajstić information content (AvgIpc) is 2.37. The topological polar surface area (TPSA) is 44.8 Å². The Morgan fingerprint density at radius 2 is 1.79 bits per heavy atom. The Morgan fingerprint density at radius 1 is 1.26 bits per heavy atom. The van der Waals surface area contributed by atoms with Gasteiger partial charge in [-0.15, -0.1) is 0 Å². The molecule has 1 heterocycles. The van der Waals surface area contributed by atoms with Crippen LogP contribution in [0.25, 0.3) is 0 Å². The maximum Gasteiger partial charge on any atom is 0.363 e. The third kappa shape index (κ3) is 3.39. The van der Waals surface area contributed by atoms with Crippen molar-refractivity contribution in [2.45, 2.75) is 19.7 Å². The highest BCUT2D eigenvalue weighted by Gasteiger charge is 2.44. The van der Waals surface area contributed by atoms with E-state index in [2.05, 4.69) is 0 Å². The van der Waals surface area contributed by atoms with Crippen LogP contribution >= 0.6 is 19.2 Å². The Hall–Kier alpha value is -0.380. The quantitative estimate of drug-likeness (QED) is 0.783. The maximum atomic E-state index is 12.7. The van der Waals surface area contributed by atoms with E-state index in [1.807, 2.05) is 13.8 Å². The van der Waals surface area contributed by atoms with Gasteiger partial charge in [-0.3, -0.25) is 4.57 Å². The van der Waals surface area contributed by atoms with Gasteiger partial charge in [0.1, 0.15) is 0 Å². The van der Waals surface area contributed by atoms with Crippen LogP contribution in [0, 0.1) is 5.41 Å².